The van der Waals surface area contributed by atoms with E-state index >= 15 is 0 Å². The molecule has 1 aromatic heterocycles. The number of H-pyrrole nitrogens is 1. The second-order valence-electron chi connectivity index (χ2n) is 6.24. The molecular formula is C18H26N2O. The number of rotatable bonds is 6. The number of nitrogens with zero attached hydrogens (tertiary/aromatic N) is 1. The van der Waals surface area contributed by atoms with Gasteiger partial charge in [0.1, 0.15) is 0 Å². The van der Waals surface area contributed by atoms with Crippen LogP contribution in [-0.4, -0.2) is 9.78 Å². The van der Waals surface area contributed by atoms with Gasteiger partial charge in [-0.1, -0.05) is 57.0 Å². The first kappa shape index (κ1) is 15.6. The molecule has 2 rings (SSSR count). The Morgan fingerprint density at radius 1 is 1.19 bits per heavy atom. The Bertz CT molecular complexity index is 632. The van der Waals surface area contributed by atoms with E-state index in [9.17, 15) is 4.79 Å². The Kier molecular flexibility index (Phi) is 5.05. The second-order valence-corrected chi connectivity index (χ2v) is 6.24. The molecule has 0 bridgehead atoms. The van der Waals surface area contributed by atoms with Crippen LogP contribution in [0.4, 0.5) is 0 Å². The summed E-state index contributed by atoms with van der Waals surface area (Å²) in [6.45, 7) is 9.30. The van der Waals surface area contributed by atoms with Gasteiger partial charge in [-0.25, -0.2) is 0 Å². The van der Waals surface area contributed by atoms with E-state index < -0.39 is 0 Å². The summed E-state index contributed by atoms with van der Waals surface area (Å²) >= 11 is 0. The molecule has 0 fully saturated rings. The van der Waals surface area contributed by atoms with Crippen LogP contribution >= 0.6 is 0 Å². The lowest BCUT2D eigenvalue weighted by Gasteiger charge is -2.05. The zero-order valence-electron chi connectivity index (χ0n) is 13.6. The summed E-state index contributed by atoms with van der Waals surface area (Å²) in [5, 5.41) is 3.33. The first-order chi connectivity index (χ1) is 10.0. The van der Waals surface area contributed by atoms with Crippen molar-refractivity contribution in [2.75, 3.05) is 0 Å². The summed E-state index contributed by atoms with van der Waals surface area (Å²) in [6.07, 6.45) is 2.93. The Hall–Kier alpha value is -1.77. The van der Waals surface area contributed by atoms with Crippen molar-refractivity contribution in [3.8, 4) is 11.3 Å². The van der Waals surface area contributed by atoms with Crippen LogP contribution in [0.3, 0.4) is 0 Å². The molecule has 0 amide bonds. The Balaban J connectivity index is 2.46. The van der Waals surface area contributed by atoms with Crippen molar-refractivity contribution in [1.29, 1.82) is 0 Å². The molecule has 114 valence electrons. The summed E-state index contributed by atoms with van der Waals surface area (Å²) in [4.78, 5) is 12.6. The van der Waals surface area contributed by atoms with E-state index in [0.29, 0.717) is 5.92 Å². The number of aromatic amines is 1. The Morgan fingerprint density at radius 3 is 2.43 bits per heavy atom. The van der Waals surface area contributed by atoms with Gasteiger partial charge in [-0.2, -0.15) is 0 Å². The lowest BCUT2D eigenvalue weighted by Crippen LogP contribution is -2.20. The third-order valence-electron chi connectivity index (χ3n) is 3.74. The molecule has 0 radical (unpaired) electrons. The fourth-order valence-electron chi connectivity index (χ4n) is 2.55. The van der Waals surface area contributed by atoms with E-state index in [1.54, 1.807) is 4.68 Å². The minimum absolute atomic E-state index is 0.146. The average Bonchev–Trinajstić information content (AvgIpc) is 2.74. The van der Waals surface area contributed by atoms with Crippen molar-refractivity contribution in [3.05, 3.63) is 45.7 Å². The fraction of sp³-hybridized carbons (Fsp3) is 0.500. The molecule has 1 aromatic carbocycles. The van der Waals surface area contributed by atoms with Gasteiger partial charge < -0.3 is 0 Å². The van der Waals surface area contributed by atoms with Crippen molar-refractivity contribution in [2.24, 2.45) is 5.92 Å². The maximum Gasteiger partial charge on any atom is 0.270 e. The van der Waals surface area contributed by atoms with Crippen LogP contribution in [0.5, 0.6) is 0 Å². The molecule has 0 saturated heterocycles. The molecule has 0 aliphatic carbocycles. The topological polar surface area (TPSA) is 37.8 Å². The summed E-state index contributed by atoms with van der Waals surface area (Å²) in [7, 11) is 0. The van der Waals surface area contributed by atoms with Crippen LogP contribution in [0, 0.1) is 12.8 Å². The zero-order chi connectivity index (χ0) is 15.4. The largest absolute Gasteiger partial charge is 0.295 e. The number of unbranched alkanes of at least 4 members (excludes halogenated alkanes) is 1. The minimum atomic E-state index is 0.146. The molecule has 0 spiro atoms. The molecule has 0 aliphatic rings. The maximum atomic E-state index is 12.6. The highest BCUT2D eigenvalue weighted by atomic mass is 16.1. The van der Waals surface area contributed by atoms with Crippen LogP contribution in [0.1, 0.15) is 44.7 Å². The molecule has 2 aromatic rings. The first-order valence-corrected chi connectivity index (χ1v) is 7.91. The van der Waals surface area contributed by atoms with Crippen molar-refractivity contribution in [3.63, 3.8) is 0 Å². The third-order valence-corrected chi connectivity index (χ3v) is 3.74. The lowest BCUT2D eigenvalue weighted by molar-refractivity contribution is 0.555. The quantitative estimate of drug-likeness (QED) is 0.851. The number of benzene rings is 1. The van der Waals surface area contributed by atoms with E-state index in [-0.39, 0.29) is 5.56 Å². The number of aromatic nitrogens is 2. The molecule has 3 heteroatoms. The van der Waals surface area contributed by atoms with Gasteiger partial charge >= 0.3 is 0 Å². The summed E-state index contributed by atoms with van der Waals surface area (Å²) in [5.41, 5.74) is 4.39. The SMILES string of the molecule is CCCCn1[nH]c(-c2ccc(C)cc2)c(CC(C)C)c1=O. The minimum Gasteiger partial charge on any atom is -0.295 e. The molecule has 0 aliphatic heterocycles. The molecule has 1 heterocycles. The number of hydrogen-bond donors (Lipinski definition) is 1. The highest BCUT2D eigenvalue weighted by Gasteiger charge is 2.16. The highest BCUT2D eigenvalue weighted by Crippen LogP contribution is 2.22. The third kappa shape index (κ3) is 3.66. The molecule has 21 heavy (non-hydrogen) atoms. The van der Waals surface area contributed by atoms with E-state index in [1.165, 1.54) is 5.56 Å². The van der Waals surface area contributed by atoms with Gasteiger partial charge in [-0.3, -0.25) is 14.6 Å². The Labute approximate surface area is 127 Å². The fourth-order valence-corrected chi connectivity index (χ4v) is 2.55. The van der Waals surface area contributed by atoms with Crippen molar-refractivity contribution in [2.45, 2.75) is 53.5 Å². The summed E-state index contributed by atoms with van der Waals surface area (Å²) in [6, 6.07) is 8.37. The van der Waals surface area contributed by atoms with Gasteiger partial charge in [0.25, 0.3) is 5.56 Å². The normalized spacial score (nSPS) is 11.3. The van der Waals surface area contributed by atoms with Crippen molar-refractivity contribution in [1.82, 2.24) is 9.78 Å². The predicted octanol–water partition coefficient (Wildman–Crippen LogP) is 4.15. The van der Waals surface area contributed by atoms with Crippen molar-refractivity contribution < 1.29 is 0 Å². The summed E-state index contributed by atoms with van der Waals surface area (Å²) in [5.74, 6) is 0.470. The molecule has 0 atom stereocenters. The molecule has 0 saturated carbocycles. The van der Waals surface area contributed by atoms with E-state index in [0.717, 1.165) is 42.6 Å². The second kappa shape index (κ2) is 6.79. The van der Waals surface area contributed by atoms with E-state index in [2.05, 4.69) is 57.1 Å². The lowest BCUT2D eigenvalue weighted by atomic mass is 9.99. The first-order valence-electron chi connectivity index (χ1n) is 7.91. The van der Waals surface area contributed by atoms with Gasteiger partial charge in [0.2, 0.25) is 0 Å². The number of hydrogen-bond acceptors (Lipinski definition) is 1. The molecule has 0 unspecified atom stereocenters. The molecule has 1 N–H and O–H groups in total. The Morgan fingerprint density at radius 2 is 1.86 bits per heavy atom. The van der Waals surface area contributed by atoms with Gasteiger partial charge in [0, 0.05) is 12.1 Å². The van der Waals surface area contributed by atoms with Crippen LogP contribution in [0.15, 0.2) is 29.1 Å². The van der Waals surface area contributed by atoms with Crippen molar-refractivity contribution >= 4 is 0 Å². The monoisotopic (exact) mass is 286 g/mol. The standard InChI is InChI=1S/C18H26N2O/c1-5-6-11-20-18(21)16(12-13(2)3)17(19-20)15-9-7-14(4)8-10-15/h7-10,13,19H,5-6,11-12H2,1-4H3. The summed E-state index contributed by atoms with van der Waals surface area (Å²) < 4.78 is 1.77. The molecular weight excluding hydrogens is 260 g/mol. The highest BCUT2D eigenvalue weighted by molar-refractivity contribution is 5.63. The van der Waals surface area contributed by atoms with Gasteiger partial charge in [-0.15, -0.1) is 0 Å². The number of aryl methyl sites for hydroxylation is 2. The van der Waals surface area contributed by atoms with Crippen LogP contribution in [-0.2, 0) is 13.0 Å². The van der Waals surface area contributed by atoms with Gasteiger partial charge in [0.05, 0.1) is 5.69 Å². The van der Waals surface area contributed by atoms with Crippen LogP contribution in [0.25, 0.3) is 11.3 Å². The molecule has 3 nitrogen and oxygen atoms in total. The zero-order valence-corrected chi connectivity index (χ0v) is 13.6. The van der Waals surface area contributed by atoms with E-state index in [1.807, 2.05) is 0 Å². The average molecular weight is 286 g/mol. The predicted molar refractivity (Wildman–Crippen MR) is 88.7 cm³/mol. The van der Waals surface area contributed by atoms with Gasteiger partial charge in [-0.05, 0) is 31.2 Å². The van der Waals surface area contributed by atoms with Crippen LogP contribution < -0.4 is 5.56 Å². The van der Waals surface area contributed by atoms with E-state index in [4.69, 9.17) is 0 Å². The maximum absolute atomic E-state index is 12.6. The van der Waals surface area contributed by atoms with Gasteiger partial charge in [0.15, 0.2) is 0 Å². The smallest absolute Gasteiger partial charge is 0.270 e. The van der Waals surface area contributed by atoms with Crippen LogP contribution in [0.2, 0.25) is 0 Å². The number of nitrogens with one attached hydrogen (secondary N) is 1.